The van der Waals surface area contributed by atoms with Gasteiger partial charge >= 0.3 is 6.18 Å². The second-order valence-electron chi connectivity index (χ2n) is 8.77. The van der Waals surface area contributed by atoms with Crippen molar-refractivity contribution in [3.63, 3.8) is 0 Å². The smallest absolute Gasteiger partial charge is 0.360 e. The Kier molecular flexibility index (Phi) is 7.80. The number of anilines is 2. The zero-order valence-electron chi connectivity index (χ0n) is 19.5. The van der Waals surface area contributed by atoms with E-state index in [1.165, 1.54) is 4.52 Å². The van der Waals surface area contributed by atoms with Crippen molar-refractivity contribution in [1.82, 2.24) is 24.5 Å². The van der Waals surface area contributed by atoms with Crippen LogP contribution < -0.4 is 21.1 Å². The molecule has 9 nitrogen and oxygen atoms in total. The first kappa shape index (κ1) is 27.7. The summed E-state index contributed by atoms with van der Waals surface area (Å²) >= 11 is 9.23. The maximum atomic E-state index is 13.5. The molecule has 1 aliphatic heterocycles. The third kappa shape index (κ3) is 5.06. The van der Waals surface area contributed by atoms with Gasteiger partial charge in [-0.3, -0.25) is 9.59 Å². The third-order valence-electron chi connectivity index (χ3n) is 6.69. The van der Waals surface area contributed by atoms with E-state index >= 15 is 0 Å². The quantitative estimate of drug-likeness (QED) is 0.447. The molecule has 1 amide bonds. The first-order valence-corrected chi connectivity index (χ1v) is 12.6. The molecular formula is C22H23BrCl2F3N7O2. The van der Waals surface area contributed by atoms with E-state index in [1.54, 1.807) is 4.57 Å². The van der Waals surface area contributed by atoms with E-state index in [4.69, 9.17) is 11.6 Å². The molecule has 2 aliphatic rings. The van der Waals surface area contributed by atoms with Gasteiger partial charge in [0.2, 0.25) is 16.4 Å². The number of hydrogen-bond donors (Lipinski definition) is 2. The van der Waals surface area contributed by atoms with Crippen LogP contribution in [0.2, 0.25) is 5.02 Å². The van der Waals surface area contributed by atoms with E-state index in [-0.39, 0.29) is 51.8 Å². The molecule has 0 radical (unpaired) electrons. The van der Waals surface area contributed by atoms with Crippen molar-refractivity contribution in [3.8, 4) is 0 Å². The molecule has 1 saturated heterocycles. The number of nitrogens with zero attached hydrogens (tertiary/aromatic N) is 5. The van der Waals surface area contributed by atoms with Gasteiger partial charge < -0.3 is 20.1 Å². The number of aromatic nitrogens is 4. The maximum Gasteiger partial charge on any atom is 0.416 e. The Hall–Kier alpha value is -2.35. The van der Waals surface area contributed by atoms with Gasteiger partial charge in [0.25, 0.3) is 5.56 Å². The summed E-state index contributed by atoms with van der Waals surface area (Å²) in [5.41, 5.74) is -0.0566. The predicted molar refractivity (Wildman–Crippen MR) is 139 cm³/mol. The lowest BCUT2D eigenvalue weighted by Crippen LogP contribution is -2.64. The van der Waals surface area contributed by atoms with Gasteiger partial charge in [-0.25, -0.2) is 0 Å². The minimum absolute atomic E-state index is 0. The van der Waals surface area contributed by atoms with Crippen LogP contribution in [0.4, 0.5) is 24.5 Å². The largest absolute Gasteiger partial charge is 0.416 e. The molecule has 2 unspecified atom stereocenters. The summed E-state index contributed by atoms with van der Waals surface area (Å²) in [6, 6.07) is 3.21. The lowest BCUT2D eigenvalue weighted by molar-refractivity contribution is -0.137. The summed E-state index contributed by atoms with van der Waals surface area (Å²) in [5, 5.41) is 10.00. The summed E-state index contributed by atoms with van der Waals surface area (Å²) in [7, 11) is 0. The molecule has 3 heterocycles. The van der Waals surface area contributed by atoms with Crippen molar-refractivity contribution in [2.45, 2.75) is 51.0 Å². The lowest BCUT2D eigenvalue weighted by atomic mass is 9.83. The molecule has 1 aromatic carbocycles. The molecule has 0 bridgehead atoms. The number of carbonyl (C=O) groups is 1. The number of halogens is 6. The normalized spacial score (nSPS) is 19.2. The van der Waals surface area contributed by atoms with E-state index in [0.29, 0.717) is 30.4 Å². The van der Waals surface area contributed by atoms with Gasteiger partial charge in [-0.15, -0.1) is 17.5 Å². The molecule has 1 aliphatic carbocycles. The van der Waals surface area contributed by atoms with E-state index in [9.17, 15) is 22.8 Å². The van der Waals surface area contributed by atoms with E-state index in [2.05, 4.69) is 41.5 Å². The highest BCUT2D eigenvalue weighted by atomic mass is 79.9. The highest BCUT2D eigenvalue weighted by molar-refractivity contribution is 9.10. The van der Waals surface area contributed by atoms with Crippen molar-refractivity contribution < 1.29 is 18.0 Å². The van der Waals surface area contributed by atoms with Crippen LogP contribution in [0.5, 0.6) is 0 Å². The fourth-order valence-corrected chi connectivity index (χ4v) is 5.45. The van der Waals surface area contributed by atoms with Crippen LogP contribution in [0.25, 0.3) is 5.78 Å². The summed E-state index contributed by atoms with van der Waals surface area (Å²) in [6.07, 6.45) is -2.12. The SMILES string of the molecule is CCc1c(N2CCNC3CCC32)c(=O)n2nc(Br)nc2n1CC(=O)Nc1ccc(C(F)(F)F)cc1Cl.Cl. The molecule has 200 valence electrons. The topological polar surface area (TPSA) is 96.6 Å². The first-order chi connectivity index (χ1) is 17.1. The molecular weight excluding hydrogens is 602 g/mol. The van der Waals surface area contributed by atoms with Gasteiger partial charge in [0.1, 0.15) is 12.2 Å². The minimum Gasteiger partial charge on any atom is -0.360 e. The number of alkyl halides is 3. The Morgan fingerprint density at radius 3 is 2.70 bits per heavy atom. The zero-order valence-corrected chi connectivity index (χ0v) is 22.6. The Morgan fingerprint density at radius 1 is 1.32 bits per heavy atom. The number of benzene rings is 1. The molecule has 2 aromatic heterocycles. The minimum atomic E-state index is -4.55. The van der Waals surface area contributed by atoms with Crippen LogP contribution in [0, 0.1) is 0 Å². The molecule has 2 N–H and O–H groups in total. The van der Waals surface area contributed by atoms with Crippen molar-refractivity contribution in [1.29, 1.82) is 0 Å². The van der Waals surface area contributed by atoms with Crippen LogP contribution in [0.3, 0.4) is 0 Å². The number of carbonyl (C=O) groups excluding carboxylic acids is 1. The fourth-order valence-electron chi connectivity index (χ4n) is 4.91. The zero-order chi connectivity index (χ0) is 25.8. The number of hydrogen-bond acceptors (Lipinski definition) is 6. The highest BCUT2D eigenvalue weighted by Gasteiger charge is 2.40. The highest BCUT2D eigenvalue weighted by Crippen LogP contribution is 2.35. The Labute approximate surface area is 228 Å². The van der Waals surface area contributed by atoms with Gasteiger partial charge in [-0.1, -0.05) is 18.5 Å². The number of piperazine rings is 1. The van der Waals surface area contributed by atoms with Gasteiger partial charge in [0, 0.05) is 25.2 Å². The van der Waals surface area contributed by atoms with Crippen LogP contribution in [-0.2, 0) is 23.9 Å². The average Bonchev–Trinajstić information content (AvgIpc) is 3.18. The van der Waals surface area contributed by atoms with Gasteiger partial charge in [0.05, 0.1) is 22.0 Å². The van der Waals surface area contributed by atoms with Crippen LogP contribution in [-0.4, -0.2) is 50.2 Å². The van der Waals surface area contributed by atoms with Gasteiger partial charge in [0.15, 0.2) is 0 Å². The molecule has 15 heteroatoms. The third-order valence-corrected chi connectivity index (χ3v) is 7.34. The first-order valence-electron chi connectivity index (χ1n) is 11.4. The molecule has 37 heavy (non-hydrogen) atoms. The molecule has 2 atom stereocenters. The van der Waals surface area contributed by atoms with Crippen molar-refractivity contribution in [3.05, 3.63) is 49.6 Å². The van der Waals surface area contributed by atoms with Crippen molar-refractivity contribution in [2.24, 2.45) is 0 Å². The van der Waals surface area contributed by atoms with Crippen molar-refractivity contribution in [2.75, 3.05) is 23.3 Å². The maximum absolute atomic E-state index is 13.5. The molecule has 5 rings (SSSR count). The number of rotatable bonds is 5. The van der Waals surface area contributed by atoms with Crippen LogP contribution in [0.15, 0.2) is 27.7 Å². The Balaban J connectivity index is 0.00000320. The molecule has 0 spiro atoms. The second-order valence-corrected chi connectivity index (χ2v) is 9.89. The number of amides is 1. The van der Waals surface area contributed by atoms with Gasteiger partial charge in [-0.05, 0) is 53.4 Å². The fraction of sp³-hybridized carbons (Fsp3) is 0.455. The Morgan fingerprint density at radius 2 is 2.08 bits per heavy atom. The average molecular weight is 625 g/mol. The summed E-state index contributed by atoms with van der Waals surface area (Å²) in [6.45, 7) is 3.01. The monoisotopic (exact) mass is 623 g/mol. The van der Waals surface area contributed by atoms with E-state index < -0.39 is 17.6 Å². The number of fused-ring (bicyclic) bond motifs is 2. The molecule has 1 saturated carbocycles. The summed E-state index contributed by atoms with van der Waals surface area (Å²) in [5.74, 6) is -0.356. The molecule has 3 aromatic rings. The van der Waals surface area contributed by atoms with Gasteiger partial charge in [-0.2, -0.15) is 22.7 Å². The Bertz CT molecular complexity index is 1410. The second kappa shape index (κ2) is 10.4. The van der Waals surface area contributed by atoms with E-state index in [1.807, 2.05) is 6.92 Å². The lowest BCUT2D eigenvalue weighted by Gasteiger charge is -2.50. The number of nitrogens with one attached hydrogen (secondary N) is 2. The summed E-state index contributed by atoms with van der Waals surface area (Å²) < 4.78 is 41.9. The standard InChI is InChI=1S/C22H22BrClF3N7O2.ClH/c1-2-15-18(32-8-7-28-14-5-6-16(14)32)19(36)34-21(30-20(23)31-34)33(15)10-17(35)29-13-4-3-11(9-12(13)24)22(25,26)27;/h3-4,9,14,16,28H,2,5-8,10H2,1H3,(H,29,35);1H. The summed E-state index contributed by atoms with van der Waals surface area (Å²) in [4.78, 5) is 33.0. The molecule has 2 fully saturated rings. The van der Waals surface area contributed by atoms with E-state index in [0.717, 1.165) is 37.6 Å². The van der Waals surface area contributed by atoms with Crippen molar-refractivity contribution >= 4 is 63.0 Å². The van der Waals surface area contributed by atoms with Crippen LogP contribution in [0.1, 0.15) is 31.0 Å². The van der Waals surface area contributed by atoms with Crippen LogP contribution >= 0.6 is 39.9 Å². The predicted octanol–water partition coefficient (Wildman–Crippen LogP) is 3.89.